The van der Waals surface area contributed by atoms with Crippen LogP contribution in [0.25, 0.3) is 0 Å². The van der Waals surface area contributed by atoms with Gasteiger partial charge in [0.1, 0.15) is 13.2 Å². The van der Waals surface area contributed by atoms with Crippen molar-refractivity contribution in [2.75, 3.05) is 13.2 Å². The standard InChI is InChI=1S/C59H96O6/c1-4-7-10-13-16-19-22-24-26-28-29-31-33-35-38-41-44-47-50-53-59(62)65-56(54-63-57(60)51-48-45-42-39-36-21-18-15-12-9-6-3)55-64-58(61)52-49-46-43-40-37-34-32-30-27-25-23-20-17-14-11-8-5-2/h7-8,10-11,16-17,19-20,24-27,29,31-32,34-35,38,56H,4-6,9,12-15,18,21-23,28,30,33,36-37,39-55H2,1-3H3/b10-7-,11-8-,19-16-,20-17-,26-24-,27-25-,31-29-,34-32-,38-35-/t56-/m0/s1. The number of esters is 3. The maximum absolute atomic E-state index is 12.8. The Kier molecular flexibility index (Phi) is 49.5. The van der Waals surface area contributed by atoms with E-state index in [2.05, 4.69) is 130 Å². The van der Waals surface area contributed by atoms with E-state index in [9.17, 15) is 14.4 Å². The van der Waals surface area contributed by atoms with E-state index < -0.39 is 6.10 Å². The van der Waals surface area contributed by atoms with Crippen LogP contribution in [0.15, 0.2) is 109 Å². The topological polar surface area (TPSA) is 78.9 Å². The molecule has 0 fully saturated rings. The maximum Gasteiger partial charge on any atom is 0.306 e. The molecule has 0 aliphatic rings. The van der Waals surface area contributed by atoms with E-state index in [1.54, 1.807) is 0 Å². The lowest BCUT2D eigenvalue weighted by atomic mass is 10.1. The highest BCUT2D eigenvalue weighted by atomic mass is 16.6. The second-order valence-electron chi connectivity index (χ2n) is 17.0. The van der Waals surface area contributed by atoms with Gasteiger partial charge in [0.25, 0.3) is 0 Å². The van der Waals surface area contributed by atoms with Gasteiger partial charge in [0, 0.05) is 19.3 Å². The fourth-order valence-electron chi connectivity index (χ4n) is 6.87. The quantitative estimate of drug-likeness (QED) is 0.0262. The van der Waals surface area contributed by atoms with E-state index in [0.717, 1.165) is 135 Å². The first-order valence-electron chi connectivity index (χ1n) is 26.4. The Morgan fingerprint density at radius 2 is 0.600 bits per heavy atom. The van der Waals surface area contributed by atoms with Crippen molar-refractivity contribution < 1.29 is 28.6 Å². The van der Waals surface area contributed by atoms with Gasteiger partial charge >= 0.3 is 17.9 Å². The summed E-state index contributed by atoms with van der Waals surface area (Å²) in [5.41, 5.74) is 0. The summed E-state index contributed by atoms with van der Waals surface area (Å²) in [6.07, 6.45) is 70.7. The fraction of sp³-hybridized carbons (Fsp3) is 0.644. The average molecular weight is 901 g/mol. The van der Waals surface area contributed by atoms with Crippen LogP contribution in [-0.2, 0) is 28.6 Å². The van der Waals surface area contributed by atoms with Crippen LogP contribution in [0.3, 0.4) is 0 Å². The SMILES string of the molecule is CC/C=C\C/C=C\C/C=C\C/C=C\C/C=C\CCCCCC(=O)O[C@H](COC(=O)CCCCCC/C=C\C/C=C\C/C=C\C/C=C\CC)COC(=O)CCCCCCCCCCCCC. The predicted octanol–water partition coefficient (Wildman–Crippen LogP) is 17.5. The summed E-state index contributed by atoms with van der Waals surface area (Å²) in [5, 5.41) is 0. The van der Waals surface area contributed by atoms with Gasteiger partial charge in [-0.1, -0.05) is 214 Å². The molecule has 0 aromatic heterocycles. The molecule has 6 heteroatoms. The van der Waals surface area contributed by atoms with Crippen molar-refractivity contribution in [2.45, 2.75) is 232 Å². The highest BCUT2D eigenvalue weighted by Gasteiger charge is 2.19. The van der Waals surface area contributed by atoms with Gasteiger partial charge in [0.15, 0.2) is 6.10 Å². The first-order valence-corrected chi connectivity index (χ1v) is 26.4. The number of rotatable bonds is 46. The minimum atomic E-state index is -0.805. The Morgan fingerprint density at radius 3 is 0.954 bits per heavy atom. The molecule has 0 amide bonds. The molecule has 6 nitrogen and oxygen atoms in total. The Hall–Kier alpha value is -3.93. The average Bonchev–Trinajstić information content (AvgIpc) is 3.30. The molecule has 0 spiro atoms. The van der Waals surface area contributed by atoms with Gasteiger partial charge in [-0.15, -0.1) is 0 Å². The second kappa shape index (κ2) is 52.7. The zero-order valence-electron chi connectivity index (χ0n) is 42.0. The highest BCUT2D eigenvalue weighted by Crippen LogP contribution is 2.14. The summed E-state index contributed by atoms with van der Waals surface area (Å²) >= 11 is 0. The fourth-order valence-corrected chi connectivity index (χ4v) is 6.87. The van der Waals surface area contributed by atoms with E-state index in [1.165, 1.54) is 51.4 Å². The van der Waals surface area contributed by atoms with Gasteiger partial charge in [-0.3, -0.25) is 14.4 Å². The van der Waals surface area contributed by atoms with Crippen LogP contribution in [0.5, 0.6) is 0 Å². The number of allylic oxidation sites excluding steroid dienone is 18. The summed E-state index contributed by atoms with van der Waals surface area (Å²) in [6.45, 7) is 6.34. The van der Waals surface area contributed by atoms with Crippen molar-refractivity contribution in [3.8, 4) is 0 Å². The van der Waals surface area contributed by atoms with Gasteiger partial charge in [-0.2, -0.15) is 0 Å². The molecule has 0 unspecified atom stereocenters. The molecule has 0 aliphatic carbocycles. The minimum Gasteiger partial charge on any atom is -0.462 e. The third kappa shape index (κ3) is 50.9. The smallest absolute Gasteiger partial charge is 0.306 e. The zero-order valence-corrected chi connectivity index (χ0v) is 42.0. The van der Waals surface area contributed by atoms with Crippen molar-refractivity contribution in [3.05, 3.63) is 109 Å². The Balaban J connectivity index is 4.49. The largest absolute Gasteiger partial charge is 0.462 e. The summed E-state index contributed by atoms with van der Waals surface area (Å²) < 4.78 is 16.8. The van der Waals surface area contributed by atoms with Crippen LogP contribution < -0.4 is 0 Å². The van der Waals surface area contributed by atoms with Crippen LogP contribution in [-0.4, -0.2) is 37.2 Å². The van der Waals surface area contributed by atoms with E-state index in [1.807, 2.05) is 0 Å². The molecule has 0 N–H and O–H groups in total. The molecule has 65 heavy (non-hydrogen) atoms. The number of hydrogen-bond acceptors (Lipinski definition) is 6. The van der Waals surface area contributed by atoms with Crippen molar-refractivity contribution in [3.63, 3.8) is 0 Å². The minimum absolute atomic E-state index is 0.0999. The molecule has 0 rings (SSSR count). The van der Waals surface area contributed by atoms with Crippen molar-refractivity contribution >= 4 is 17.9 Å². The van der Waals surface area contributed by atoms with Crippen molar-refractivity contribution in [1.29, 1.82) is 0 Å². The lowest BCUT2D eigenvalue weighted by Gasteiger charge is -2.18. The van der Waals surface area contributed by atoms with Crippen molar-refractivity contribution in [1.82, 2.24) is 0 Å². The van der Waals surface area contributed by atoms with E-state index in [0.29, 0.717) is 12.8 Å². The molecule has 0 aromatic carbocycles. The Morgan fingerprint density at radius 1 is 0.323 bits per heavy atom. The van der Waals surface area contributed by atoms with Crippen LogP contribution in [0.1, 0.15) is 226 Å². The highest BCUT2D eigenvalue weighted by molar-refractivity contribution is 5.71. The molecule has 0 saturated heterocycles. The molecule has 0 heterocycles. The third-order valence-corrected chi connectivity index (χ3v) is 10.8. The number of hydrogen-bond donors (Lipinski definition) is 0. The Bertz CT molecular complexity index is 1360. The number of carbonyl (C=O) groups excluding carboxylic acids is 3. The first kappa shape index (κ1) is 61.1. The normalized spacial score (nSPS) is 13.0. The number of ether oxygens (including phenoxy) is 3. The second-order valence-corrected chi connectivity index (χ2v) is 17.0. The molecular weight excluding hydrogens is 805 g/mol. The monoisotopic (exact) mass is 901 g/mol. The third-order valence-electron chi connectivity index (χ3n) is 10.8. The van der Waals surface area contributed by atoms with Gasteiger partial charge < -0.3 is 14.2 Å². The Labute approximate surface area is 400 Å². The molecule has 368 valence electrons. The molecule has 1 atom stereocenters. The van der Waals surface area contributed by atoms with Gasteiger partial charge in [0.2, 0.25) is 0 Å². The molecule has 0 aliphatic heterocycles. The lowest BCUT2D eigenvalue weighted by molar-refractivity contribution is -0.167. The van der Waals surface area contributed by atoms with E-state index in [-0.39, 0.29) is 37.5 Å². The summed E-state index contributed by atoms with van der Waals surface area (Å²) in [7, 11) is 0. The molecule has 0 bridgehead atoms. The van der Waals surface area contributed by atoms with Crippen LogP contribution in [0, 0.1) is 0 Å². The number of carbonyl (C=O) groups is 3. The van der Waals surface area contributed by atoms with Gasteiger partial charge in [-0.25, -0.2) is 0 Å². The summed E-state index contributed by atoms with van der Waals surface area (Å²) in [4.78, 5) is 38.0. The van der Waals surface area contributed by atoms with Gasteiger partial charge in [0.05, 0.1) is 0 Å². The van der Waals surface area contributed by atoms with E-state index in [4.69, 9.17) is 14.2 Å². The predicted molar refractivity (Wildman–Crippen MR) is 279 cm³/mol. The lowest BCUT2D eigenvalue weighted by Crippen LogP contribution is -2.30. The first-order chi connectivity index (χ1) is 32.0. The summed E-state index contributed by atoms with van der Waals surface area (Å²) in [5.74, 6) is -0.962. The molecular formula is C59H96O6. The molecule has 0 radical (unpaired) electrons. The molecule has 0 saturated carbocycles. The zero-order chi connectivity index (χ0) is 47.2. The van der Waals surface area contributed by atoms with Crippen LogP contribution in [0.4, 0.5) is 0 Å². The summed E-state index contributed by atoms with van der Waals surface area (Å²) in [6, 6.07) is 0. The van der Waals surface area contributed by atoms with Gasteiger partial charge in [-0.05, 0) is 103 Å². The van der Waals surface area contributed by atoms with Crippen molar-refractivity contribution in [2.24, 2.45) is 0 Å². The van der Waals surface area contributed by atoms with Crippen LogP contribution >= 0.6 is 0 Å². The van der Waals surface area contributed by atoms with E-state index >= 15 is 0 Å². The number of unbranched alkanes of at least 4 members (excludes halogenated alkanes) is 17. The van der Waals surface area contributed by atoms with Crippen LogP contribution in [0.2, 0.25) is 0 Å². The molecule has 0 aromatic rings. The maximum atomic E-state index is 12.8.